The van der Waals surface area contributed by atoms with Crippen LogP contribution in [0.1, 0.15) is 57.1 Å². The van der Waals surface area contributed by atoms with Gasteiger partial charge < -0.3 is 14.7 Å². The Labute approximate surface area is 183 Å². The minimum Gasteiger partial charge on any atom is -0.374 e. The summed E-state index contributed by atoms with van der Waals surface area (Å²) in [5.41, 5.74) is 8.04. The summed E-state index contributed by atoms with van der Waals surface area (Å²) >= 11 is 0. The molecule has 30 heavy (non-hydrogen) atoms. The average molecular weight is 406 g/mol. The molecule has 1 aromatic carbocycles. The standard InChI is InChI=1S/C27H39N3/c1-20-9-11-21(12-10-20)27(2,3)14-6-15-29-16-13-24-23(19-29)22-7-5-8-25-26(22)30(24)18-17-28(25)4/h7,9-12,23-24H,5-6,8,13-19H2,1-4H3. The summed E-state index contributed by atoms with van der Waals surface area (Å²) in [4.78, 5) is 8.09. The third kappa shape index (κ3) is 3.49. The zero-order valence-corrected chi connectivity index (χ0v) is 19.5. The average Bonchev–Trinajstić information content (AvgIpc) is 3.05. The van der Waals surface area contributed by atoms with Crippen LogP contribution in [0.2, 0.25) is 0 Å². The van der Waals surface area contributed by atoms with Crippen LogP contribution in [0, 0.1) is 12.8 Å². The lowest BCUT2D eigenvalue weighted by Crippen LogP contribution is -2.48. The van der Waals surface area contributed by atoms with Gasteiger partial charge in [0.25, 0.3) is 0 Å². The lowest BCUT2D eigenvalue weighted by Gasteiger charge is -2.41. The van der Waals surface area contributed by atoms with Gasteiger partial charge in [-0.2, -0.15) is 0 Å². The molecule has 0 saturated carbocycles. The van der Waals surface area contributed by atoms with Crippen LogP contribution < -0.4 is 0 Å². The molecule has 0 amide bonds. The number of hydrogen-bond donors (Lipinski definition) is 0. The van der Waals surface area contributed by atoms with Crippen molar-refractivity contribution < 1.29 is 0 Å². The van der Waals surface area contributed by atoms with E-state index in [0.29, 0.717) is 0 Å². The van der Waals surface area contributed by atoms with Gasteiger partial charge >= 0.3 is 0 Å². The normalized spacial score (nSPS) is 26.6. The van der Waals surface area contributed by atoms with Crippen molar-refractivity contribution in [2.45, 2.75) is 64.3 Å². The lowest BCUT2D eigenvalue weighted by molar-refractivity contribution is 0.110. The van der Waals surface area contributed by atoms with Crippen LogP contribution in [-0.4, -0.2) is 60.5 Å². The molecule has 0 N–H and O–H groups in total. The van der Waals surface area contributed by atoms with E-state index in [1.165, 1.54) is 76.0 Å². The van der Waals surface area contributed by atoms with Crippen molar-refractivity contribution in [2.24, 2.45) is 5.92 Å². The Morgan fingerprint density at radius 2 is 1.87 bits per heavy atom. The van der Waals surface area contributed by atoms with E-state index in [1.807, 2.05) is 0 Å². The Bertz CT molecular complexity index is 847. The highest BCUT2D eigenvalue weighted by atomic mass is 15.3. The highest BCUT2D eigenvalue weighted by Gasteiger charge is 2.47. The molecule has 3 heteroatoms. The predicted octanol–water partition coefficient (Wildman–Crippen LogP) is 4.94. The number of hydrogen-bond acceptors (Lipinski definition) is 3. The van der Waals surface area contributed by atoms with Gasteiger partial charge in [-0.15, -0.1) is 0 Å². The topological polar surface area (TPSA) is 9.72 Å². The number of likely N-dealkylation sites (N-methyl/N-ethyl adjacent to an activating group) is 1. The third-order valence-corrected chi connectivity index (χ3v) is 8.29. The van der Waals surface area contributed by atoms with Crippen LogP contribution in [0.3, 0.4) is 0 Å². The van der Waals surface area contributed by atoms with E-state index in [2.05, 4.69) is 72.9 Å². The van der Waals surface area contributed by atoms with Crippen molar-refractivity contribution in [3.05, 3.63) is 58.4 Å². The molecule has 0 bridgehead atoms. The van der Waals surface area contributed by atoms with Crippen molar-refractivity contribution in [1.82, 2.24) is 14.7 Å². The number of likely N-dealkylation sites (tertiary alicyclic amines) is 1. The van der Waals surface area contributed by atoms with Crippen LogP contribution in [-0.2, 0) is 5.41 Å². The van der Waals surface area contributed by atoms with Gasteiger partial charge in [-0.3, -0.25) is 0 Å². The Hall–Kier alpha value is -1.74. The summed E-state index contributed by atoms with van der Waals surface area (Å²) in [7, 11) is 2.30. The van der Waals surface area contributed by atoms with E-state index in [1.54, 1.807) is 17.0 Å². The number of aryl methyl sites for hydroxylation is 1. The second-order valence-corrected chi connectivity index (χ2v) is 10.7. The first kappa shape index (κ1) is 20.2. The molecule has 162 valence electrons. The van der Waals surface area contributed by atoms with Gasteiger partial charge in [0, 0.05) is 50.9 Å². The lowest BCUT2D eigenvalue weighted by atomic mass is 9.80. The molecule has 2 fully saturated rings. The number of piperidine rings is 1. The van der Waals surface area contributed by atoms with Gasteiger partial charge in [0.05, 0.1) is 5.70 Å². The van der Waals surface area contributed by atoms with E-state index in [9.17, 15) is 0 Å². The molecule has 5 rings (SSSR count). The number of allylic oxidation sites excluding steroid dienone is 3. The highest BCUT2D eigenvalue weighted by molar-refractivity contribution is 5.46. The van der Waals surface area contributed by atoms with Crippen molar-refractivity contribution >= 4 is 0 Å². The molecule has 2 saturated heterocycles. The first-order valence-corrected chi connectivity index (χ1v) is 12.1. The molecular weight excluding hydrogens is 366 g/mol. The van der Waals surface area contributed by atoms with Gasteiger partial charge in [0.2, 0.25) is 0 Å². The molecule has 2 unspecified atom stereocenters. The Morgan fingerprint density at radius 3 is 2.67 bits per heavy atom. The van der Waals surface area contributed by atoms with Crippen LogP contribution in [0.25, 0.3) is 0 Å². The summed E-state index contributed by atoms with van der Waals surface area (Å²) in [6.45, 7) is 13.2. The molecule has 0 radical (unpaired) electrons. The molecule has 3 nitrogen and oxygen atoms in total. The Balaban J connectivity index is 1.22. The number of benzene rings is 1. The number of rotatable bonds is 5. The van der Waals surface area contributed by atoms with E-state index < -0.39 is 0 Å². The van der Waals surface area contributed by atoms with Gasteiger partial charge in [-0.25, -0.2) is 0 Å². The maximum atomic E-state index is 2.79. The van der Waals surface area contributed by atoms with E-state index >= 15 is 0 Å². The molecule has 4 aliphatic rings. The molecular formula is C27H39N3. The van der Waals surface area contributed by atoms with Crippen molar-refractivity contribution in [3.8, 4) is 0 Å². The summed E-state index contributed by atoms with van der Waals surface area (Å²) in [6, 6.07) is 9.93. The second-order valence-electron chi connectivity index (χ2n) is 10.7. The summed E-state index contributed by atoms with van der Waals surface area (Å²) < 4.78 is 0. The fraction of sp³-hybridized carbons (Fsp3) is 0.630. The maximum absolute atomic E-state index is 2.79. The number of nitrogens with zero attached hydrogens (tertiary/aromatic N) is 3. The number of fused-ring (bicyclic) bond motifs is 3. The minimum atomic E-state index is 0.260. The van der Waals surface area contributed by atoms with E-state index in [0.717, 1.165) is 12.0 Å². The monoisotopic (exact) mass is 405 g/mol. The second kappa shape index (κ2) is 7.75. The summed E-state index contributed by atoms with van der Waals surface area (Å²) in [6.07, 6.45) is 8.94. The van der Waals surface area contributed by atoms with Gasteiger partial charge in [-0.1, -0.05) is 49.8 Å². The van der Waals surface area contributed by atoms with Crippen molar-refractivity contribution in [3.63, 3.8) is 0 Å². The fourth-order valence-electron chi connectivity index (χ4n) is 6.40. The Morgan fingerprint density at radius 1 is 1.07 bits per heavy atom. The van der Waals surface area contributed by atoms with Gasteiger partial charge in [-0.05, 0) is 62.1 Å². The maximum Gasteiger partial charge on any atom is 0.0597 e. The smallest absolute Gasteiger partial charge is 0.0597 e. The van der Waals surface area contributed by atoms with Gasteiger partial charge in [0.1, 0.15) is 0 Å². The van der Waals surface area contributed by atoms with Gasteiger partial charge in [0.15, 0.2) is 0 Å². The van der Waals surface area contributed by atoms with Crippen LogP contribution >= 0.6 is 0 Å². The minimum absolute atomic E-state index is 0.260. The largest absolute Gasteiger partial charge is 0.374 e. The quantitative estimate of drug-likeness (QED) is 0.687. The first-order valence-electron chi connectivity index (χ1n) is 12.1. The highest BCUT2D eigenvalue weighted by Crippen LogP contribution is 2.48. The van der Waals surface area contributed by atoms with Crippen LogP contribution in [0.5, 0.6) is 0 Å². The zero-order chi connectivity index (χ0) is 20.9. The molecule has 0 aromatic heterocycles. The first-order chi connectivity index (χ1) is 14.4. The van der Waals surface area contributed by atoms with Crippen molar-refractivity contribution in [1.29, 1.82) is 0 Å². The molecule has 3 aliphatic heterocycles. The van der Waals surface area contributed by atoms with E-state index in [4.69, 9.17) is 0 Å². The third-order valence-electron chi connectivity index (χ3n) is 8.29. The zero-order valence-electron chi connectivity index (χ0n) is 19.5. The SMILES string of the molecule is Cc1ccc(C(C)(C)CCCN2CCC3C(C2)C2=CCCC4=C2N3CCN4C)cc1. The van der Waals surface area contributed by atoms with Crippen LogP contribution in [0.4, 0.5) is 0 Å². The van der Waals surface area contributed by atoms with Crippen molar-refractivity contribution in [2.75, 3.05) is 39.8 Å². The summed E-state index contributed by atoms with van der Waals surface area (Å²) in [5, 5.41) is 0. The molecule has 3 heterocycles. The Kier molecular flexibility index (Phi) is 5.21. The molecule has 0 spiro atoms. The molecule has 2 atom stereocenters. The molecule has 1 aromatic rings. The molecule has 1 aliphatic carbocycles. The van der Waals surface area contributed by atoms with Crippen LogP contribution in [0.15, 0.2) is 47.3 Å². The predicted molar refractivity (Wildman–Crippen MR) is 125 cm³/mol. The van der Waals surface area contributed by atoms with E-state index in [-0.39, 0.29) is 5.41 Å². The summed E-state index contributed by atoms with van der Waals surface area (Å²) in [5.74, 6) is 0.737. The fourth-order valence-corrected chi connectivity index (χ4v) is 6.40.